The lowest BCUT2D eigenvalue weighted by atomic mass is 9.74. The zero-order valence-electron chi connectivity index (χ0n) is 13.9. The smallest absolute Gasteiger partial charge is 0.240 e. The van der Waals surface area contributed by atoms with E-state index in [2.05, 4.69) is 23.9 Å². The largest absolute Gasteiger partial charge is 0.378 e. The monoisotopic (exact) mass is 364 g/mol. The Kier molecular flexibility index (Phi) is 4.36. The lowest BCUT2D eigenvalue weighted by molar-refractivity contribution is 0.427. The van der Waals surface area contributed by atoms with Crippen LogP contribution in [0.4, 0.5) is 5.69 Å². The van der Waals surface area contributed by atoms with Gasteiger partial charge in [-0.1, -0.05) is 37.6 Å². The van der Waals surface area contributed by atoms with Crippen molar-refractivity contribution in [3.05, 3.63) is 58.6 Å². The van der Waals surface area contributed by atoms with Crippen LogP contribution in [0.25, 0.3) is 0 Å². The van der Waals surface area contributed by atoms with E-state index in [1.165, 1.54) is 12.6 Å². The van der Waals surface area contributed by atoms with Crippen molar-refractivity contribution in [1.82, 2.24) is 4.72 Å². The third-order valence-electron chi connectivity index (χ3n) is 4.59. The average molecular weight is 365 g/mol. The Balaban J connectivity index is 2.01. The summed E-state index contributed by atoms with van der Waals surface area (Å²) in [5, 5.41) is 4.24. The molecule has 2 aromatic rings. The van der Waals surface area contributed by atoms with E-state index in [4.69, 9.17) is 11.6 Å². The minimum absolute atomic E-state index is 0.0423. The Morgan fingerprint density at radius 1 is 1.21 bits per heavy atom. The van der Waals surface area contributed by atoms with E-state index in [0.717, 1.165) is 22.7 Å². The van der Waals surface area contributed by atoms with Gasteiger partial charge in [-0.15, -0.1) is 0 Å². The first-order valence-corrected chi connectivity index (χ1v) is 9.69. The van der Waals surface area contributed by atoms with Crippen LogP contribution >= 0.6 is 11.6 Å². The minimum Gasteiger partial charge on any atom is -0.378 e. The highest BCUT2D eigenvalue weighted by atomic mass is 35.5. The molecule has 128 valence electrons. The van der Waals surface area contributed by atoms with E-state index >= 15 is 0 Å². The van der Waals surface area contributed by atoms with Crippen LogP contribution in [0.15, 0.2) is 47.4 Å². The van der Waals surface area contributed by atoms with Crippen LogP contribution < -0.4 is 10.0 Å². The Morgan fingerprint density at radius 3 is 2.67 bits per heavy atom. The van der Waals surface area contributed by atoms with Gasteiger partial charge in [-0.2, -0.15) is 0 Å². The van der Waals surface area contributed by atoms with Crippen molar-refractivity contribution in [2.24, 2.45) is 0 Å². The zero-order chi connectivity index (χ0) is 17.5. The average Bonchev–Trinajstić information content (AvgIpc) is 2.55. The fourth-order valence-electron chi connectivity index (χ4n) is 3.28. The number of hydrogen-bond acceptors (Lipinski definition) is 3. The normalized spacial score (nSPS) is 19.4. The molecule has 1 aliphatic rings. The number of rotatable bonds is 3. The molecule has 1 atom stereocenters. The van der Waals surface area contributed by atoms with Crippen molar-refractivity contribution < 1.29 is 8.42 Å². The number of fused-ring (bicyclic) bond motifs is 1. The first-order chi connectivity index (χ1) is 11.2. The maximum atomic E-state index is 12.1. The van der Waals surface area contributed by atoms with Crippen molar-refractivity contribution in [2.75, 3.05) is 12.4 Å². The maximum Gasteiger partial charge on any atom is 0.240 e. The van der Waals surface area contributed by atoms with Gasteiger partial charge in [0, 0.05) is 10.7 Å². The fraction of sp³-hybridized carbons (Fsp3) is 0.333. The second kappa shape index (κ2) is 6.06. The van der Waals surface area contributed by atoms with Gasteiger partial charge in [-0.25, -0.2) is 13.1 Å². The van der Waals surface area contributed by atoms with Crippen LogP contribution in [0.5, 0.6) is 0 Å². The quantitative estimate of drug-likeness (QED) is 0.862. The Hall–Kier alpha value is -1.56. The summed E-state index contributed by atoms with van der Waals surface area (Å²) in [4.78, 5) is 0.281. The molecular weight excluding hydrogens is 344 g/mol. The summed E-state index contributed by atoms with van der Waals surface area (Å²) in [7, 11) is -2.03. The van der Waals surface area contributed by atoms with E-state index in [-0.39, 0.29) is 16.4 Å². The molecule has 1 aliphatic heterocycles. The van der Waals surface area contributed by atoms with Crippen molar-refractivity contribution in [2.45, 2.75) is 36.6 Å². The summed E-state index contributed by atoms with van der Waals surface area (Å²) in [6.07, 6.45) is 0.851. The summed E-state index contributed by atoms with van der Waals surface area (Å²) in [6.45, 7) is 4.37. The second-order valence-corrected chi connectivity index (χ2v) is 9.08. The van der Waals surface area contributed by atoms with E-state index < -0.39 is 10.0 Å². The van der Waals surface area contributed by atoms with Gasteiger partial charge in [0.1, 0.15) is 0 Å². The van der Waals surface area contributed by atoms with Crippen LogP contribution in [-0.2, 0) is 15.4 Å². The maximum absolute atomic E-state index is 12.1. The molecule has 1 unspecified atom stereocenters. The molecule has 1 heterocycles. The number of anilines is 1. The van der Waals surface area contributed by atoms with Gasteiger partial charge in [0.05, 0.1) is 10.9 Å². The van der Waals surface area contributed by atoms with Gasteiger partial charge in [0.15, 0.2) is 0 Å². The number of benzene rings is 2. The Labute approximate surface area is 148 Å². The molecule has 0 saturated carbocycles. The lowest BCUT2D eigenvalue weighted by Crippen LogP contribution is -2.31. The molecule has 24 heavy (non-hydrogen) atoms. The molecule has 4 nitrogen and oxygen atoms in total. The topological polar surface area (TPSA) is 58.2 Å². The SMILES string of the molecule is CNS(=O)(=O)c1cccc(C2CC(C)(C)c3cc(Cl)ccc3N2)c1. The van der Waals surface area contributed by atoms with Crippen LogP contribution in [0.3, 0.4) is 0 Å². The highest BCUT2D eigenvalue weighted by Crippen LogP contribution is 2.44. The van der Waals surface area contributed by atoms with E-state index in [9.17, 15) is 8.42 Å². The summed E-state index contributed by atoms with van der Waals surface area (Å²) < 4.78 is 26.5. The Bertz CT molecular complexity index is 878. The first-order valence-electron chi connectivity index (χ1n) is 7.83. The third-order valence-corrected chi connectivity index (χ3v) is 6.24. The van der Waals surface area contributed by atoms with Crippen molar-refractivity contribution in [3.63, 3.8) is 0 Å². The molecular formula is C18H21ClN2O2S. The molecule has 0 spiro atoms. The number of halogens is 1. The molecule has 0 radical (unpaired) electrons. The van der Waals surface area contributed by atoms with Crippen LogP contribution in [-0.4, -0.2) is 15.5 Å². The molecule has 0 fully saturated rings. The van der Waals surface area contributed by atoms with E-state index in [1.807, 2.05) is 24.3 Å². The summed E-state index contributed by atoms with van der Waals surface area (Å²) in [5.74, 6) is 0. The summed E-state index contributed by atoms with van der Waals surface area (Å²) in [6, 6.07) is 13.0. The predicted octanol–water partition coefficient (Wildman–Crippen LogP) is 4.08. The standard InChI is InChI=1S/C18H21ClN2O2S/c1-18(2)11-17(21-16-8-7-13(19)10-15(16)18)12-5-4-6-14(9-12)24(22,23)20-3/h4-10,17,20-21H,11H2,1-3H3. The van der Waals surface area contributed by atoms with Gasteiger partial charge in [-0.3, -0.25) is 0 Å². The van der Waals surface area contributed by atoms with E-state index in [1.54, 1.807) is 18.2 Å². The minimum atomic E-state index is -3.45. The third kappa shape index (κ3) is 3.16. The van der Waals surface area contributed by atoms with Gasteiger partial charge in [0.25, 0.3) is 0 Å². The van der Waals surface area contributed by atoms with Crippen molar-refractivity contribution in [1.29, 1.82) is 0 Å². The molecule has 0 amide bonds. The highest BCUT2D eigenvalue weighted by Gasteiger charge is 2.33. The van der Waals surface area contributed by atoms with Gasteiger partial charge >= 0.3 is 0 Å². The number of hydrogen-bond donors (Lipinski definition) is 2. The summed E-state index contributed by atoms with van der Waals surface area (Å²) in [5.41, 5.74) is 3.13. The number of nitrogens with one attached hydrogen (secondary N) is 2. The molecule has 6 heteroatoms. The molecule has 0 bridgehead atoms. The Morgan fingerprint density at radius 2 is 1.96 bits per heavy atom. The summed E-state index contributed by atoms with van der Waals surface area (Å²) >= 11 is 6.14. The highest BCUT2D eigenvalue weighted by molar-refractivity contribution is 7.89. The van der Waals surface area contributed by atoms with Crippen molar-refractivity contribution >= 4 is 27.3 Å². The van der Waals surface area contributed by atoms with Crippen LogP contribution in [0.2, 0.25) is 5.02 Å². The van der Waals surface area contributed by atoms with Gasteiger partial charge in [0.2, 0.25) is 10.0 Å². The van der Waals surface area contributed by atoms with E-state index in [0.29, 0.717) is 0 Å². The van der Waals surface area contributed by atoms with Gasteiger partial charge < -0.3 is 5.32 Å². The molecule has 2 N–H and O–H groups in total. The molecule has 0 saturated heterocycles. The van der Waals surface area contributed by atoms with Gasteiger partial charge in [-0.05, 0) is 60.3 Å². The first kappa shape index (κ1) is 17.3. The molecule has 3 rings (SSSR count). The molecule has 0 aromatic heterocycles. The lowest BCUT2D eigenvalue weighted by Gasteiger charge is -2.39. The zero-order valence-corrected chi connectivity index (χ0v) is 15.5. The van der Waals surface area contributed by atoms with Crippen molar-refractivity contribution in [3.8, 4) is 0 Å². The van der Waals surface area contributed by atoms with Crippen LogP contribution in [0.1, 0.15) is 37.4 Å². The molecule has 2 aromatic carbocycles. The predicted molar refractivity (Wildman–Crippen MR) is 98.1 cm³/mol. The fourth-order valence-corrected chi connectivity index (χ4v) is 4.24. The molecule has 0 aliphatic carbocycles. The van der Waals surface area contributed by atoms with Crippen LogP contribution in [0, 0.1) is 0 Å². The number of sulfonamides is 1. The second-order valence-electron chi connectivity index (χ2n) is 6.75.